The lowest BCUT2D eigenvalue weighted by Gasteiger charge is -2.32. The molecule has 4 N–H and O–H groups in total. The second kappa shape index (κ2) is 16.9. The Morgan fingerprint density at radius 1 is 0.925 bits per heavy atom. The summed E-state index contributed by atoms with van der Waals surface area (Å²) < 4.78 is 5.36. The molecule has 0 radical (unpaired) electrons. The van der Waals surface area contributed by atoms with Gasteiger partial charge in [-0.15, -0.1) is 10.2 Å². The van der Waals surface area contributed by atoms with E-state index in [1.807, 2.05) is 57.4 Å². The van der Waals surface area contributed by atoms with Crippen LogP contribution in [-0.2, 0) is 20.7 Å². The van der Waals surface area contributed by atoms with Gasteiger partial charge in [0, 0.05) is 74.3 Å². The van der Waals surface area contributed by atoms with Crippen molar-refractivity contribution in [3.05, 3.63) is 66.5 Å². The van der Waals surface area contributed by atoms with E-state index in [0.717, 1.165) is 67.2 Å². The van der Waals surface area contributed by atoms with Crippen molar-refractivity contribution < 1.29 is 19.1 Å². The molecule has 6 rings (SSSR count). The molecule has 3 heterocycles. The lowest BCUT2D eigenvalue weighted by atomic mass is 9.81. The molecule has 53 heavy (non-hydrogen) atoms. The summed E-state index contributed by atoms with van der Waals surface area (Å²) in [6.07, 6.45) is 6.42. The molecule has 4 aromatic rings. The average molecular weight is 724 g/mol. The summed E-state index contributed by atoms with van der Waals surface area (Å²) in [5.41, 5.74) is 3.44. The summed E-state index contributed by atoms with van der Waals surface area (Å²) in [4.78, 5) is 53.5. The quantitative estimate of drug-likeness (QED) is 0.175. The summed E-state index contributed by atoms with van der Waals surface area (Å²) in [5, 5.41) is 23.0. The Morgan fingerprint density at radius 3 is 2.30 bits per heavy atom. The van der Waals surface area contributed by atoms with E-state index in [-0.39, 0.29) is 30.1 Å². The van der Waals surface area contributed by atoms with Gasteiger partial charge in [-0.1, -0.05) is 24.3 Å². The number of carbonyl (C=O) groups excluding carboxylic acids is 3. The molecular formula is C38H49N11O4. The molecule has 3 amide bonds. The predicted molar refractivity (Wildman–Crippen MR) is 201 cm³/mol. The van der Waals surface area contributed by atoms with Gasteiger partial charge in [0.25, 0.3) is 0 Å². The number of benzene rings is 2. The highest BCUT2D eigenvalue weighted by atomic mass is 16.6. The fourth-order valence-electron chi connectivity index (χ4n) is 6.64. The Balaban J connectivity index is 1.12. The van der Waals surface area contributed by atoms with Gasteiger partial charge >= 0.3 is 6.09 Å². The second-order valence-electron chi connectivity index (χ2n) is 14.9. The topological polar surface area (TPSA) is 183 Å². The molecule has 0 spiro atoms. The molecule has 1 aliphatic carbocycles. The second-order valence-corrected chi connectivity index (χ2v) is 14.9. The minimum absolute atomic E-state index is 0.153. The summed E-state index contributed by atoms with van der Waals surface area (Å²) >= 11 is 0. The van der Waals surface area contributed by atoms with Crippen molar-refractivity contribution in [1.29, 1.82) is 0 Å². The number of aromatic nitrogens is 6. The first-order chi connectivity index (χ1) is 25.5. The summed E-state index contributed by atoms with van der Waals surface area (Å²) in [6, 6.07) is 14.2. The predicted octanol–water partition coefficient (Wildman–Crippen LogP) is 4.07. The van der Waals surface area contributed by atoms with Crippen molar-refractivity contribution in [2.45, 2.75) is 64.5 Å². The monoisotopic (exact) mass is 723 g/mol. The van der Waals surface area contributed by atoms with E-state index in [9.17, 15) is 14.4 Å². The molecule has 2 fully saturated rings. The number of aromatic amines is 1. The van der Waals surface area contributed by atoms with Crippen LogP contribution in [0.3, 0.4) is 0 Å². The Morgan fingerprint density at radius 2 is 1.64 bits per heavy atom. The smallest absolute Gasteiger partial charge is 0.407 e. The van der Waals surface area contributed by atoms with Crippen molar-refractivity contribution in [3.8, 4) is 22.5 Å². The van der Waals surface area contributed by atoms with E-state index in [2.05, 4.69) is 63.4 Å². The van der Waals surface area contributed by atoms with Crippen LogP contribution >= 0.6 is 0 Å². The molecule has 0 bridgehead atoms. The SMILES string of the molecule is CN1CCN(c2ncc(-c3cccc(CC(NC(=O)C4CCC(CNC(=O)OC(C)(C)C)CC4)C(=O)Nc4ccc(-c5nn[nH]n5)cc4)c3)cn2)CC1. The van der Waals surface area contributed by atoms with Gasteiger partial charge in [-0.3, -0.25) is 9.59 Å². The van der Waals surface area contributed by atoms with Crippen molar-refractivity contribution in [2.24, 2.45) is 11.8 Å². The van der Waals surface area contributed by atoms with Gasteiger partial charge in [0.1, 0.15) is 11.6 Å². The fourth-order valence-corrected chi connectivity index (χ4v) is 6.64. The number of ether oxygens (including phenoxy) is 1. The van der Waals surface area contributed by atoms with Crippen LogP contribution in [0.1, 0.15) is 52.0 Å². The van der Waals surface area contributed by atoms with Crippen LogP contribution in [0.4, 0.5) is 16.4 Å². The first kappa shape index (κ1) is 37.3. The van der Waals surface area contributed by atoms with E-state index in [1.54, 1.807) is 24.3 Å². The van der Waals surface area contributed by atoms with Crippen molar-refractivity contribution in [2.75, 3.05) is 50.0 Å². The first-order valence-corrected chi connectivity index (χ1v) is 18.3. The summed E-state index contributed by atoms with van der Waals surface area (Å²) in [6.45, 7) is 9.70. The van der Waals surface area contributed by atoms with Crippen LogP contribution in [0, 0.1) is 11.8 Å². The van der Waals surface area contributed by atoms with Crippen molar-refractivity contribution in [1.82, 2.24) is 46.1 Å². The largest absolute Gasteiger partial charge is 0.444 e. The third kappa shape index (κ3) is 10.6. The maximum atomic E-state index is 13.9. The molecule has 2 aliphatic rings. The molecular weight excluding hydrogens is 674 g/mol. The van der Waals surface area contributed by atoms with Crippen molar-refractivity contribution >= 4 is 29.5 Å². The molecule has 280 valence electrons. The number of likely N-dealkylation sites (N-methyl/N-ethyl adjacent to an activating group) is 1. The Labute approximate surface area is 309 Å². The first-order valence-electron chi connectivity index (χ1n) is 18.3. The highest BCUT2D eigenvalue weighted by Crippen LogP contribution is 2.29. The van der Waals surface area contributed by atoms with Crippen LogP contribution in [0.15, 0.2) is 60.9 Å². The van der Waals surface area contributed by atoms with Gasteiger partial charge in [-0.05, 0) is 100 Å². The molecule has 1 saturated carbocycles. The number of hydrogen-bond acceptors (Lipinski definition) is 11. The maximum Gasteiger partial charge on any atom is 0.407 e. The van der Waals surface area contributed by atoms with Crippen molar-refractivity contribution in [3.63, 3.8) is 0 Å². The van der Waals surface area contributed by atoms with E-state index < -0.39 is 17.7 Å². The number of rotatable bonds is 11. The maximum absolute atomic E-state index is 13.9. The Kier molecular flexibility index (Phi) is 11.9. The van der Waals surface area contributed by atoms with Gasteiger partial charge in [0.05, 0.1) is 0 Å². The molecule has 2 aromatic carbocycles. The zero-order valence-corrected chi connectivity index (χ0v) is 30.8. The van der Waals surface area contributed by atoms with Crippen LogP contribution in [0.5, 0.6) is 0 Å². The number of tetrazole rings is 1. The number of nitrogens with zero attached hydrogens (tertiary/aromatic N) is 7. The van der Waals surface area contributed by atoms with E-state index >= 15 is 0 Å². The molecule has 1 unspecified atom stereocenters. The van der Waals surface area contributed by atoms with Crippen LogP contribution in [-0.4, -0.2) is 105 Å². The van der Waals surface area contributed by atoms with Gasteiger partial charge in [0.15, 0.2) is 0 Å². The van der Waals surface area contributed by atoms with Gasteiger partial charge < -0.3 is 30.5 Å². The number of alkyl carbamates (subject to hydrolysis) is 1. The van der Waals surface area contributed by atoms with Gasteiger partial charge in [-0.25, -0.2) is 14.8 Å². The third-order valence-corrected chi connectivity index (χ3v) is 9.66. The summed E-state index contributed by atoms with van der Waals surface area (Å²) in [5.74, 6) is 0.702. The minimum Gasteiger partial charge on any atom is -0.444 e. The fraction of sp³-hybridized carbons (Fsp3) is 0.474. The number of anilines is 2. The molecule has 15 nitrogen and oxygen atoms in total. The zero-order valence-electron chi connectivity index (χ0n) is 30.8. The molecule has 1 aliphatic heterocycles. The highest BCUT2D eigenvalue weighted by Gasteiger charge is 2.30. The number of carbonyl (C=O) groups is 3. The molecule has 2 aromatic heterocycles. The Bertz CT molecular complexity index is 1810. The Hall–Kier alpha value is -5.44. The van der Waals surface area contributed by atoms with Crippen LogP contribution < -0.4 is 20.9 Å². The van der Waals surface area contributed by atoms with Crippen LogP contribution in [0.2, 0.25) is 0 Å². The molecule has 15 heteroatoms. The van der Waals surface area contributed by atoms with E-state index in [4.69, 9.17) is 4.74 Å². The third-order valence-electron chi connectivity index (χ3n) is 9.66. The molecule has 1 atom stereocenters. The average Bonchev–Trinajstić information content (AvgIpc) is 3.69. The van der Waals surface area contributed by atoms with E-state index in [1.165, 1.54) is 0 Å². The highest BCUT2D eigenvalue weighted by molar-refractivity contribution is 5.97. The van der Waals surface area contributed by atoms with Gasteiger partial charge in [0.2, 0.25) is 23.6 Å². The van der Waals surface area contributed by atoms with Crippen LogP contribution in [0.25, 0.3) is 22.5 Å². The van der Waals surface area contributed by atoms with Gasteiger partial charge in [-0.2, -0.15) is 5.21 Å². The minimum atomic E-state index is -0.836. The number of H-pyrrole nitrogens is 1. The zero-order chi connectivity index (χ0) is 37.4. The number of amides is 3. The normalized spacial score (nSPS) is 18.5. The number of hydrogen-bond donors (Lipinski definition) is 4. The lowest BCUT2D eigenvalue weighted by molar-refractivity contribution is -0.130. The lowest BCUT2D eigenvalue weighted by Crippen LogP contribution is -2.48. The number of nitrogens with one attached hydrogen (secondary N) is 4. The number of piperazine rings is 1. The molecule has 1 saturated heterocycles. The van der Waals surface area contributed by atoms with E-state index in [0.29, 0.717) is 30.9 Å². The standard InChI is InChI=1S/C38H49N11O4/c1-38(2,3)53-37(52)41-22-25-8-10-28(11-9-25)34(50)43-32(35(51)42-31-14-12-27(13-15-31)33-44-46-47-45-33)21-26-6-5-7-29(20-26)30-23-39-36(40-24-30)49-18-16-48(4)17-19-49/h5-7,12-15,20,23-25,28,32H,8-11,16-19,21-22H2,1-4H3,(H,41,52)(H,42,51)(H,43,50)(H,44,45,46,47). The summed E-state index contributed by atoms with van der Waals surface area (Å²) in [7, 11) is 2.12.